The molecule has 80 valence electrons. The van der Waals surface area contributed by atoms with E-state index in [1.54, 1.807) is 0 Å². The predicted molar refractivity (Wildman–Crippen MR) is 62.3 cm³/mol. The highest BCUT2D eigenvalue weighted by molar-refractivity contribution is 9.09. The van der Waals surface area contributed by atoms with Gasteiger partial charge in [-0.3, -0.25) is 0 Å². The molecule has 0 fully saturated rings. The number of halogens is 1. The minimum atomic E-state index is -0.183. The lowest BCUT2D eigenvalue weighted by Crippen LogP contribution is -1.94. The molecule has 1 heterocycles. The second kappa shape index (κ2) is 4.79. The zero-order chi connectivity index (χ0) is 10.7. The second-order valence-electron chi connectivity index (χ2n) is 3.71. The minimum Gasteiger partial charge on any atom is -0.457 e. The molecule has 0 spiro atoms. The van der Waals surface area contributed by atoms with E-state index in [0.29, 0.717) is 6.61 Å². The number of hydrogen-bond donors (Lipinski definition) is 0. The van der Waals surface area contributed by atoms with Gasteiger partial charge in [0.1, 0.15) is 6.61 Å². The number of unbranched alkanes of at least 4 members (excludes halogenated alkanes) is 1. The molecule has 0 saturated heterocycles. The van der Waals surface area contributed by atoms with Crippen molar-refractivity contribution in [3.8, 4) is 0 Å². The van der Waals surface area contributed by atoms with Gasteiger partial charge in [0.25, 0.3) is 0 Å². The first-order valence-corrected chi connectivity index (χ1v) is 6.28. The van der Waals surface area contributed by atoms with E-state index >= 15 is 0 Å². The maximum Gasteiger partial charge on any atom is 0.338 e. The van der Waals surface area contributed by atoms with Gasteiger partial charge in [0.2, 0.25) is 0 Å². The third kappa shape index (κ3) is 2.40. The number of alkyl halides is 1. The molecule has 1 aliphatic heterocycles. The fourth-order valence-corrected chi connectivity index (χ4v) is 2.16. The van der Waals surface area contributed by atoms with E-state index in [0.717, 1.165) is 22.9 Å². The van der Waals surface area contributed by atoms with Gasteiger partial charge in [0.05, 0.1) is 5.56 Å². The van der Waals surface area contributed by atoms with Crippen molar-refractivity contribution in [3.05, 3.63) is 34.9 Å². The van der Waals surface area contributed by atoms with E-state index in [-0.39, 0.29) is 5.97 Å². The van der Waals surface area contributed by atoms with Gasteiger partial charge in [0.15, 0.2) is 0 Å². The molecule has 15 heavy (non-hydrogen) atoms. The Hall–Kier alpha value is -0.830. The lowest BCUT2D eigenvalue weighted by molar-refractivity contribution is 0.0535. The summed E-state index contributed by atoms with van der Waals surface area (Å²) in [4.78, 5) is 11.2. The SMILES string of the molecule is O=C1OCc2cc(CCCCBr)ccc21. The van der Waals surface area contributed by atoms with E-state index in [4.69, 9.17) is 4.74 Å². The van der Waals surface area contributed by atoms with Crippen molar-refractivity contribution in [2.75, 3.05) is 5.33 Å². The lowest BCUT2D eigenvalue weighted by atomic mass is 10.0. The smallest absolute Gasteiger partial charge is 0.338 e. The van der Waals surface area contributed by atoms with Gasteiger partial charge in [0, 0.05) is 10.9 Å². The van der Waals surface area contributed by atoms with Crippen LogP contribution in [0.5, 0.6) is 0 Å². The van der Waals surface area contributed by atoms with Crippen molar-refractivity contribution >= 4 is 21.9 Å². The number of fused-ring (bicyclic) bond motifs is 1. The monoisotopic (exact) mass is 268 g/mol. The summed E-state index contributed by atoms with van der Waals surface area (Å²) in [5.41, 5.74) is 3.07. The fraction of sp³-hybridized carbons (Fsp3) is 0.417. The first-order valence-electron chi connectivity index (χ1n) is 5.16. The number of rotatable bonds is 4. The lowest BCUT2D eigenvalue weighted by Gasteiger charge is -2.01. The molecule has 0 aliphatic carbocycles. The topological polar surface area (TPSA) is 26.3 Å². The molecule has 2 nitrogen and oxygen atoms in total. The van der Waals surface area contributed by atoms with Crippen molar-refractivity contribution in [2.24, 2.45) is 0 Å². The largest absolute Gasteiger partial charge is 0.457 e. The van der Waals surface area contributed by atoms with Gasteiger partial charge < -0.3 is 4.74 Å². The molecule has 3 heteroatoms. The standard InChI is InChI=1S/C12H13BrO2/c13-6-2-1-3-9-4-5-11-10(7-9)8-15-12(11)14/h4-5,7H,1-3,6,8H2. The van der Waals surface area contributed by atoms with Gasteiger partial charge in [-0.05, 0) is 30.9 Å². The maximum absolute atomic E-state index is 11.2. The maximum atomic E-state index is 11.2. The Balaban J connectivity index is 2.06. The van der Waals surface area contributed by atoms with Crippen LogP contribution in [-0.2, 0) is 17.8 Å². The molecule has 0 unspecified atom stereocenters. The average Bonchev–Trinajstić information content (AvgIpc) is 2.61. The summed E-state index contributed by atoms with van der Waals surface area (Å²) >= 11 is 3.42. The molecular weight excluding hydrogens is 256 g/mol. The number of hydrogen-bond acceptors (Lipinski definition) is 2. The number of aryl methyl sites for hydroxylation is 1. The molecule has 1 aliphatic rings. The Labute approximate surface area is 97.8 Å². The fourth-order valence-electron chi connectivity index (χ4n) is 1.77. The van der Waals surface area contributed by atoms with Crippen LogP contribution in [0, 0.1) is 0 Å². The van der Waals surface area contributed by atoms with Crippen LogP contribution >= 0.6 is 15.9 Å². The molecule has 0 bridgehead atoms. The summed E-state index contributed by atoms with van der Waals surface area (Å²) in [7, 11) is 0. The Bertz CT molecular complexity index is 374. The van der Waals surface area contributed by atoms with Crippen LogP contribution in [0.15, 0.2) is 18.2 Å². The Morgan fingerprint density at radius 3 is 3.00 bits per heavy atom. The number of ether oxygens (including phenoxy) is 1. The van der Waals surface area contributed by atoms with E-state index in [1.807, 2.05) is 12.1 Å². The van der Waals surface area contributed by atoms with Crippen molar-refractivity contribution in [2.45, 2.75) is 25.9 Å². The van der Waals surface area contributed by atoms with Gasteiger partial charge in [-0.25, -0.2) is 4.79 Å². The quantitative estimate of drug-likeness (QED) is 0.477. The molecule has 0 radical (unpaired) electrons. The van der Waals surface area contributed by atoms with Crippen molar-refractivity contribution in [3.63, 3.8) is 0 Å². The highest BCUT2D eigenvalue weighted by atomic mass is 79.9. The van der Waals surface area contributed by atoms with E-state index < -0.39 is 0 Å². The summed E-state index contributed by atoms with van der Waals surface area (Å²) in [5, 5.41) is 1.06. The van der Waals surface area contributed by atoms with Crippen LogP contribution in [-0.4, -0.2) is 11.3 Å². The predicted octanol–water partition coefficient (Wildman–Crippen LogP) is 3.07. The van der Waals surface area contributed by atoms with Crippen LogP contribution in [0.1, 0.15) is 34.3 Å². The molecule has 1 aromatic rings. The van der Waals surface area contributed by atoms with Crippen LogP contribution in [0.25, 0.3) is 0 Å². The van der Waals surface area contributed by atoms with Crippen molar-refractivity contribution in [1.29, 1.82) is 0 Å². The van der Waals surface area contributed by atoms with Gasteiger partial charge >= 0.3 is 5.97 Å². The van der Waals surface area contributed by atoms with Crippen LogP contribution in [0.2, 0.25) is 0 Å². The van der Waals surface area contributed by atoms with Crippen LogP contribution in [0.4, 0.5) is 0 Å². The van der Waals surface area contributed by atoms with Gasteiger partial charge in [-0.2, -0.15) is 0 Å². The normalized spacial score (nSPS) is 13.8. The van der Waals surface area contributed by atoms with Gasteiger partial charge in [-0.1, -0.05) is 28.1 Å². The number of benzene rings is 1. The average molecular weight is 269 g/mol. The molecule has 0 saturated carbocycles. The molecule has 0 atom stereocenters. The highest BCUT2D eigenvalue weighted by Crippen LogP contribution is 2.21. The second-order valence-corrected chi connectivity index (χ2v) is 4.51. The molecule has 2 rings (SSSR count). The zero-order valence-electron chi connectivity index (χ0n) is 8.46. The summed E-state index contributed by atoms with van der Waals surface area (Å²) in [5.74, 6) is -0.183. The van der Waals surface area contributed by atoms with E-state index in [9.17, 15) is 4.79 Å². The Morgan fingerprint density at radius 1 is 1.33 bits per heavy atom. The van der Waals surface area contributed by atoms with Crippen LogP contribution < -0.4 is 0 Å². The third-order valence-corrected chi connectivity index (χ3v) is 3.16. The zero-order valence-corrected chi connectivity index (χ0v) is 10.0. The number of esters is 1. The molecule has 0 aromatic heterocycles. The Kier molecular flexibility index (Phi) is 3.41. The van der Waals surface area contributed by atoms with E-state index in [2.05, 4.69) is 22.0 Å². The molecule has 0 amide bonds. The number of cyclic esters (lactones) is 1. The summed E-state index contributed by atoms with van der Waals surface area (Å²) in [6.45, 7) is 0.445. The third-order valence-electron chi connectivity index (χ3n) is 2.60. The summed E-state index contributed by atoms with van der Waals surface area (Å²) in [6, 6.07) is 6.00. The Morgan fingerprint density at radius 2 is 2.20 bits per heavy atom. The molecule has 0 N–H and O–H groups in total. The van der Waals surface area contributed by atoms with Gasteiger partial charge in [-0.15, -0.1) is 0 Å². The van der Waals surface area contributed by atoms with Crippen molar-refractivity contribution < 1.29 is 9.53 Å². The van der Waals surface area contributed by atoms with Crippen LogP contribution in [0.3, 0.4) is 0 Å². The molecule has 1 aromatic carbocycles. The number of carbonyl (C=O) groups excluding carboxylic acids is 1. The highest BCUT2D eigenvalue weighted by Gasteiger charge is 2.20. The van der Waals surface area contributed by atoms with E-state index in [1.165, 1.54) is 18.4 Å². The minimum absolute atomic E-state index is 0.183. The summed E-state index contributed by atoms with van der Waals surface area (Å²) in [6.07, 6.45) is 3.44. The van der Waals surface area contributed by atoms with Crippen molar-refractivity contribution in [1.82, 2.24) is 0 Å². The first kappa shape index (κ1) is 10.7. The number of carbonyl (C=O) groups is 1. The molecular formula is C12H13BrO2. The summed E-state index contributed by atoms with van der Waals surface area (Å²) < 4.78 is 4.96. The first-order chi connectivity index (χ1) is 7.31.